The number of hydrogen-bond acceptors (Lipinski definition) is 3. The monoisotopic (exact) mass is 272 g/mol. The Morgan fingerprint density at radius 1 is 1.32 bits per heavy atom. The molecule has 0 aliphatic carbocycles. The van der Waals surface area contributed by atoms with Gasteiger partial charge < -0.3 is 5.73 Å². The van der Waals surface area contributed by atoms with Crippen LogP contribution in [0.15, 0.2) is 30.3 Å². The number of nitrogens with zero attached hydrogens (tertiary/aromatic N) is 1. The summed E-state index contributed by atoms with van der Waals surface area (Å²) < 4.78 is 0.186. The number of rotatable bonds is 2. The van der Waals surface area contributed by atoms with Gasteiger partial charge in [0, 0.05) is 21.9 Å². The molecule has 3 rings (SSSR count). The van der Waals surface area contributed by atoms with Crippen molar-refractivity contribution in [2.24, 2.45) is 5.73 Å². The van der Waals surface area contributed by atoms with E-state index in [0.717, 1.165) is 11.2 Å². The molecule has 1 fully saturated rings. The molecule has 2 N–H and O–H groups in total. The topological polar surface area (TPSA) is 38.9 Å². The second-order valence-electron chi connectivity index (χ2n) is 5.65. The molecule has 0 spiro atoms. The van der Waals surface area contributed by atoms with E-state index in [1.165, 1.54) is 29.5 Å². The van der Waals surface area contributed by atoms with E-state index in [1.54, 1.807) is 0 Å². The molecule has 1 aromatic heterocycles. The van der Waals surface area contributed by atoms with Gasteiger partial charge in [0.2, 0.25) is 0 Å². The third-order valence-corrected chi connectivity index (χ3v) is 5.73. The van der Waals surface area contributed by atoms with Crippen LogP contribution in [0.5, 0.6) is 0 Å². The zero-order chi connectivity index (χ0) is 13.5. The van der Waals surface area contributed by atoms with Crippen LogP contribution < -0.4 is 5.73 Å². The zero-order valence-corrected chi connectivity index (χ0v) is 12.3. The molecule has 2 nitrogen and oxygen atoms in total. The Morgan fingerprint density at radius 2 is 2.16 bits per heavy atom. The maximum absolute atomic E-state index is 6.51. The van der Waals surface area contributed by atoms with Crippen molar-refractivity contribution in [3.05, 3.63) is 41.6 Å². The molecule has 1 aromatic carbocycles. The maximum atomic E-state index is 6.51. The number of fused-ring (bicyclic) bond motifs is 1. The van der Waals surface area contributed by atoms with Crippen LogP contribution in [0.25, 0.3) is 10.9 Å². The van der Waals surface area contributed by atoms with Gasteiger partial charge >= 0.3 is 0 Å². The summed E-state index contributed by atoms with van der Waals surface area (Å²) in [6, 6.07) is 10.7. The summed E-state index contributed by atoms with van der Waals surface area (Å²) in [7, 11) is 0. The van der Waals surface area contributed by atoms with Crippen molar-refractivity contribution in [3.8, 4) is 0 Å². The van der Waals surface area contributed by atoms with Crippen LogP contribution in [0.1, 0.15) is 37.1 Å². The van der Waals surface area contributed by atoms with Crippen LogP contribution in [0.4, 0.5) is 0 Å². The first-order valence-corrected chi connectivity index (χ1v) is 7.84. The van der Waals surface area contributed by atoms with Gasteiger partial charge in [-0.2, -0.15) is 11.8 Å². The van der Waals surface area contributed by atoms with Crippen LogP contribution in [0.3, 0.4) is 0 Å². The van der Waals surface area contributed by atoms with Crippen LogP contribution in [-0.2, 0) is 0 Å². The van der Waals surface area contributed by atoms with Crippen molar-refractivity contribution in [1.29, 1.82) is 0 Å². The highest BCUT2D eigenvalue weighted by atomic mass is 32.2. The van der Waals surface area contributed by atoms with E-state index in [9.17, 15) is 0 Å². The molecule has 19 heavy (non-hydrogen) atoms. The fraction of sp³-hybridized carbons (Fsp3) is 0.438. The largest absolute Gasteiger partial charge is 0.323 e. The van der Waals surface area contributed by atoms with Crippen LogP contribution in [-0.4, -0.2) is 15.5 Å². The summed E-state index contributed by atoms with van der Waals surface area (Å²) in [6.45, 7) is 4.32. The molecule has 0 radical (unpaired) electrons. The number of aromatic nitrogens is 1. The van der Waals surface area contributed by atoms with Gasteiger partial charge in [-0.3, -0.25) is 4.98 Å². The lowest BCUT2D eigenvalue weighted by Crippen LogP contribution is -2.33. The molecule has 1 aliphatic rings. The van der Waals surface area contributed by atoms with Crippen molar-refractivity contribution < 1.29 is 0 Å². The molecule has 1 aliphatic heterocycles. The molecule has 2 heterocycles. The van der Waals surface area contributed by atoms with E-state index in [-0.39, 0.29) is 10.8 Å². The van der Waals surface area contributed by atoms with Gasteiger partial charge in [0.05, 0.1) is 5.52 Å². The van der Waals surface area contributed by atoms with E-state index in [2.05, 4.69) is 42.2 Å². The summed E-state index contributed by atoms with van der Waals surface area (Å²) in [4.78, 5) is 4.54. The molecule has 0 amide bonds. The number of benzene rings is 1. The predicted molar refractivity (Wildman–Crippen MR) is 83.5 cm³/mol. The molecule has 0 saturated carbocycles. The standard InChI is InChI=1S/C16H20N2S/c1-11-4-5-12-10-13(6-7-14(12)18-11)15(17)16(2)8-3-9-19-16/h4-7,10,15H,3,8-9,17H2,1-2H3. The molecular weight excluding hydrogens is 252 g/mol. The fourth-order valence-electron chi connectivity index (χ4n) is 2.84. The molecule has 100 valence electrons. The lowest BCUT2D eigenvalue weighted by atomic mass is 9.90. The zero-order valence-electron chi connectivity index (χ0n) is 11.5. The Labute approximate surface area is 118 Å². The molecule has 1 saturated heterocycles. The van der Waals surface area contributed by atoms with Crippen LogP contribution >= 0.6 is 11.8 Å². The first kappa shape index (κ1) is 12.9. The van der Waals surface area contributed by atoms with Gasteiger partial charge in [-0.25, -0.2) is 0 Å². The highest BCUT2D eigenvalue weighted by Gasteiger charge is 2.36. The summed E-state index contributed by atoms with van der Waals surface area (Å²) >= 11 is 2.01. The van der Waals surface area contributed by atoms with Gasteiger partial charge in [0.25, 0.3) is 0 Å². The average Bonchev–Trinajstić information content (AvgIpc) is 2.85. The van der Waals surface area contributed by atoms with Crippen LogP contribution in [0.2, 0.25) is 0 Å². The maximum Gasteiger partial charge on any atom is 0.0705 e. The van der Waals surface area contributed by atoms with Crippen molar-refractivity contribution in [1.82, 2.24) is 4.98 Å². The number of nitrogens with two attached hydrogens (primary N) is 1. The minimum absolute atomic E-state index is 0.103. The normalized spacial score (nSPS) is 24.8. The Hall–Kier alpha value is -1.06. The Morgan fingerprint density at radius 3 is 2.89 bits per heavy atom. The quantitative estimate of drug-likeness (QED) is 0.903. The second kappa shape index (κ2) is 4.80. The Balaban J connectivity index is 1.99. The van der Waals surface area contributed by atoms with Crippen molar-refractivity contribution >= 4 is 22.7 Å². The van der Waals surface area contributed by atoms with Crippen molar-refractivity contribution in [3.63, 3.8) is 0 Å². The third kappa shape index (κ3) is 2.37. The molecule has 3 heteroatoms. The summed E-state index contributed by atoms with van der Waals surface area (Å²) in [5.74, 6) is 1.23. The van der Waals surface area contributed by atoms with Gasteiger partial charge in [-0.1, -0.05) is 12.1 Å². The van der Waals surface area contributed by atoms with Crippen molar-refractivity contribution in [2.45, 2.75) is 37.5 Å². The highest BCUT2D eigenvalue weighted by molar-refractivity contribution is 8.00. The Kier molecular flexibility index (Phi) is 3.27. The van der Waals surface area contributed by atoms with E-state index in [1.807, 2.05) is 18.7 Å². The van der Waals surface area contributed by atoms with Gasteiger partial charge in [-0.15, -0.1) is 0 Å². The molecule has 2 unspecified atom stereocenters. The first-order chi connectivity index (χ1) is 9.08. The molecule has 2 atom stereocenters. The highest BCUT2D eigenvalue weighted by Crippen LogP contribution is 2.45. The van der Waals surface area contributed by atoms with Crippen molar-refractivity contribution in [2.75, 3.05) is 5.75 Å². The van der Waals surface area contributed by atoms with E-state index in [0.29, 0.717) is 0 Å². The minimum Gasteiger partial charge on any atom is -0.323 e. The van der Waals surface area contributed by atoms with Gasteiger partial charge in [-0.05, 0) is 56.2 Å². The minimum atomic E-state index is 0.103. The molecule has 2 aromatic rings. The number of thioether (sulfide) groups is 1. The summed E-state index contributed by atoms with van der Waals surface area (Å²) in [5, 5.41) is 1.19. The lowest BCUT2D eigenvalue weighted by molar-refractivity contribution is 0.502. The second-order valence-corrected chi connectivity index (χ2v) is 7.28. The average molecular weight is 272 g/mol. The smallest absolute Gasteiger partial charge is 0.0705 e. The number of aryl methyl sites for hydroxylation is 1. The Bertz CT molecular complexity index is 603. The lowest BCUT2D eigenvalue weighted by Gasteiger charge is -2.30. The summed E-state index contributed by atoms with van der Waals surface area (Å²) in [6.07, 6.45) is 2.49. The third-order valence-electron chi connectivity index (χ3n) is 4.12. The summed E-state index contributed by atoms with van der Waals surface area (Å²) in [5.41, 5.74) is 9.86. The molecular formula is C16H20N2S. The number of pyridine rings is 1. The predicted octanol–water partition coefficient (Wildman–Crippen LogP) is 3.83. The van der Waals surface area contributed by atoms with E-state index < -0.39 is 0 Å². The number of hydrogen-bond donors (Lipinski definition) is 1. The van der Waals surface area contributed by atoms with Crippen LogP contribution in [0, 0.1) is 6.92 Å². The van der Waals surface area contributed by atoms with Gasteiger partial charge in [0.15, 0.2) is 0 Å². The SMILES string of the molecule is Cc1ccc2cc(C(N)C3(C)CCCS3)ccc2n1. The fourth-order valence-corrected chi connectivity index (χ4v) is 4.20. The molecule has 0 bridgehead atoms. The first-order valence-electron chi connectivity index (χ1n) is 6.85. The van der Waals surface area contributed by atoms with Gasteiger partial charge in [0.1, 0.15) is 0 Å². The van der Waals surface area contributed by atoms with E-state index >= 15 is 0 Å². The van der Waals surface area contributed by atoms with E-state index in [4.69, 9.17) is 5.73 Å².